The van der Waals surface area contributed by atoms with Crippen molar-refractivity contribution < 1.29 is 9.53 Å². The van der Waals surface area contributed by atoms with E-state index in [1.54, 1.807) is 17.7 Å². The third-order valence-corrected chi connectivity index (χ3v) is 5.97. The fourth-order valence-corrected chi connectivity index (χ4v) is 4.44. The van der Waals surface area contributed by atoms with E-state index < -0.39 is 0 Å². The normalized spacial score (nSPS) is 11.1. The first-order chi connectivity index (χ1) is 13.6. The van der Waals surface area contributed by atoms with Gasteiger partial charge >= 0.3 is 0 Å². The molecule has 142 valence electrons. The van der Waals surface area contributed by atoms with Gasteiger partial charge in [0.2, 0.25) is 0 Å². The molecule has 5 nitrogen and oxygen atoms in total. The molecule has 1 amide bonds. The molecule has 4 aromatic rings. The Kier molecular flexibility index (Phi) is 4.88. The average molecular weight is 392 g/mol. The van der Waals surface area contributed by atoms with Crippen molar-refractivity contribution in [3.05, 3.63) is 75.4 Å². The standard InChI is InChI=1S/C22H20N2O3S/c1-3-24-18-7-5-4-6-16(18)20-17(22(24)26)12-19(28-20)21(25)23-13-14-8-10-15(27-2)11-9-14/h4-12H,3,13H2,1-2H3,(H,23,25). The molecule has 0 saturated heterocycles. The minimum absolute atomic E-state index is 0.0540. The van der Waals surface area contributed by atoms with E-state index in [1.807, 2.05) is 55.5 Å². The molecule has 0 aliphatic rings. The van der Waals surface area contributed by atoms with Crippen molar-refractivity contribution in [2.24, 2.45) is 0 Å². The molecule has 4 rings (SSSR count). The Morgan fingerprint density at radius 1 is 1.11 bits per heavy atom. The van der Waals surface area contributed by atoms with Gasteiger partial charge in [-0.25, -0.2) is 0 Å². The number of carbonyl (C=O) groups excluding carboxylic acids is 1. The van der Waals surface area contributed by atoms with Crippen molar-refractivity contribution in [2.75, 3.05) is 7.11 Å². The Labute approximate surface area is 166 Å². The van der Waals surface area contributed by atoms with Crippen LogP contribution in [0.4, 0.5) is 0 Å². The van der Waals surface area contributed by atoms with Crippen LogP contribution in [0.15, 0.2) is 59.4 Å². The predicted molar refractivity (Wildman–Crippen MR) is 113 cm³/mol. The van der Waals surface area contributed by atoms with Gasteiger partial charge in [-0.05, 0) is 36.8 Å². The highest BCUT2D eigenvalue weighted by Crippen LogP contribution is 2.30. The van der Waals surface area contributed by atoms with Gasteiger partial charge in [-0.1, -0.05) is 30.3 Å². The number of aryl methyl sites for hydroxylation is 1. The summed E-state index contributed by atoms with van der Waals surface area (Å²) < 4.78 is 7.76. The van der Waals surface area contributed by atoms with Gasteiger partial charge < -0.3 is 14.6 Å². The molecule has 28 heavy (non-hydrogen) atoms. The number of aromatic nitrogens is 1. The molecule has 0 bridgehead atoms. The second kappa shape index (κ2) is 7.48. The molecule has 0 atom stereocenters. The van der Waals surface area contributed by atoms with Crippen LogP contribution in [-0.4, -0.2) is 17.6 Å². The summed E-state index contributed by atoms with van der Waals surface area (Å²) in [5.41, 5.74) is 1.82. The molecule has 0 aliphatic heterocycles. The lowest BCUT2D eigenvalue weighted by Crippen LogP contribution is -2.22. The Bertz CT molecular complexity index is 1220. The number of benzene rings is 2. The van der Waals surface area contributed by atoms with E-state index >= 15 is 0 Å². The topological polar surface area (TPSA) is 60.3 Å². The summed E-state index contributed by atoms with van der Waals surface area (Å²) in [6.07, 6.45) is 0. The highest BCUT2D eigenvalue weighted by molar-refractivity contribution is 7.21. The van der Waals surface area contributed by atoms with Crippen LogP contribution in [0.5, 0.6) is 5.75 Å². The molecule has 0 radical (unpaired) electrons. The molecule has 1 N–H and O–H groups in total. The number of thiophene rings is 1. The number of pyridine rings is 1. The largest absolute Gasteiger partial charge is 0.497 e. The summed E-state index contributed by atoms with van der Waals surface area (Å²) in [5, 5.41) is 4.53. The third-order valence-electron chi connectivity index (χ3n) is 4.80. The molecule has 6 heteroatoms. The summed E-state index contributed by atoms with van der Waals surface area (Å²) in [5.74, 6) is 0.599. The number of carbonyl (C=O) groups is 1. The molecule has 0 unspecified atom stereocenters. The van der Waals surface area contributed by atoms with Crippen LogP contribution in [0, 0.1) is 0 Å². The van der Waals surface area contributed by atoms with Crippen LogP contribution in [0.1, 0.15) is 22.2 Å². The number of rotatable bonds is 5. The first kappa shape index (κ1) is 18.3. The fourth-order valence-electron chi connectivity index (χ4n) is 3.34. The zero-order valence-corrected chi connectivity index (χ0v) is 16.5. The van der Waals surface area contributed by atoms with E-state index in [0.29, 0.717) is 23.4 Å². The summed E-state index contributed by atoms with van der Waals surface area (Å²) >= 11 is 1.36. The number of methoxy groups -OCH3 is 1. The average Bonchev–Trinajstić information content (AvgIpc) is 3.19. The van der Waals surface area contributed by atoms with Crippen LogP contribution in [-0.2, 0) is 13.1 Å². The summed E-state index contributed by atoms with van der Waals surface area (Å²) in [6, 6.07) is 17.1. The fraction of sp³-hybridized carbons (Fsp3) is 0.182. The van der Waals surface area contributed by atoms with Crippen LogP contribution >= 0.6 is 11.3 Å². The van der Waals surface area contributed by atoms with E-state index in [9.17, 15) is 9.59 Å². The van der Waals surface area contributed by atoms with E-state index in [-0.39, 0.29) is 11.5 Å². The van der Waals surface area contributed by atoms with Crippen LogP contribution < -0.4 is 15.6 Å². The van der Waals surface area contributed by atoms with Gasteiger partial charge in [0.15, 0.2) is 0 Å². The van der Waals surface area contributed by atoms with Crippen LogP contribution in [0.25, 0.3) is 21.0 Å². The maximum Gasteiger partial charge on any atom is 0.261 e. The molecule has 2 aromatic carbocycles. The first-order valence-electron chi connectivity index (χ1n) is 9.08. The molecule has 0 saturated carbocycles. The second-order valence-corrected chi connectivity index (χ2v) is 7.50. The number of hydrogen-bond donors (Lipinski definition) is 1. The maximum atomic E-state index is 12.9. The van der Waals surface area contributed by atoms with Crippen LogP contribution in [0.3, 0.4) is 0 Å². The SMILES string of the molecule is CCn1c(=O)c2cc(C(=O)NCc3ccc(OC)cc3)sc2c2ccccc21. The van der Waals surface area contributed by atoms with Gasteiger partial charge in [-0.3, -0.25) is 9.59 Å². The first-order valence-corrected chi connectivity index (χ1v) is 9.90. The lowest BCUT2D eigenvalue weighted by molar-refractivity contribution is 0.0955. The van der Waals surface area contributed by atoms with Crippen molar-refractivity contribution in [1.82, 2.24) is 9.88 Å². The van der Waals surface area contributed by atoms with Gasteiger partial charge in [0.25, 0.3) is 11.5 Å². The molecule has 0 fully saturated rings. The van der Waals surface area contributed by atoms with Crippen molar-refractivity contribution >= 4 is 38.2 Å². The van der Waals surface area contributed by atoms with Crippen molar-refractivity contribution in [3.63, 3.8) is 0 Å². The van der Waals surface area contributed by atoms with Gasteiger partial charge in [0.05, 0.1) is 22.9 Å². The molecule has 0 aliphatic carbocycles. The number of nitrogens with zero attached hydrogens (tertiary/aromatic N) is 1. The highest BCUT2D eigenvalue weighted by Gasteiger charge is 2.16. The van der Waals surface area contributed by atoms with E-state index in [4.69, 9.17) is 4.74 Å². The summed E-state index contributed by atoms with van der Waals surface area (Å²) in [4.78, 5) is 26.1. The minimum atomic E-state index is -0.177. The van der Waals surface area contributed by atoms with Crippen molar-refractivity contribution in [1.29, 1.82) is 0 Å². The monoisotopic (exact) mass is 392 g/mol. The van der Waals surface area contributed by atoms with E-state index in [1.165, 1.54) is 11.3 Å². The number of para-hydroxylation sites is 1. The second-order valence-electron chi connectivity index (χ2n) is 6.45. The van der Waals surface area contributed by atoms with E-state index in [0.717, 1.165) is 26.9 Å². The smallest absolute Gasteiger partial charge is 0.261 e. The Morgan fingerprint density at radius 2 is 1.86 bits per heavy atom. The molecular weight excluding hydrogens is 372 g/mol. The lowest BCUT2D eigenvalue weighted by atomic mass is 10.1. The summed E-state index contributed by atoms with van der Waals surface area (Å²) in [6.45, 7) is 2.95. The Balaban J connectivity index is 1.67. The van der Waals surface area contributed by atoms with E-state index in [2.05, 4.69) is 5.32 Å². The number of hydrogen-bond acceptors (Lipinski definition) is 4. The van der Waals surface area contributed by atoms with Crippen molar-refractivity contribution in [3.8, 4) is 5.75 Å². The van der Waals surface area contributed by atoms with Gasteiger partial charge in [-0.15, -0.1) is 11.3 Å². The lowest BCUT2D eigenvalue weighted by Gasteiger charge is -2.08. The number of amides is 1. The third kappa shape index (κ3) is 3.16. The molecule has 2 heterocycles. The highest BCUT2D eigenvalue weighted by atomic mass is 32.1. The maximum absolute atomic E-state index is 12.9. The Hall–Kier alpha value is -3.12. The summed E-state index contributed by atoms with van der Waals surface area (Å²) in [7, 11) is 1.62. The molecule has 2 aromatic heterocycles. The predicted octanol–water partition coefficient (Wildman–Crippen LogP) is 4.17. The number of fused-ring (bicyclic) bond motifs is 3. The van der Waals surface area contributed by atoms with Crippen molar-refractivity contribution in [2.45, 2.75) is 20.0 Å². The number of nitrogens with one attached hydrogen (secondary N) is 1. The van der Waals surface area contributed by atoms with Gasteiger partial charge in [-0.2, -0.15) is 0 Å². The molecule has 0 spiro atoms. The number of ether oxygens (including phenoxy) is 1. The van der Waals surface area contributed by atoms with Gasteiger partial charge in [0, 0.05) is 23.2 Å². The Morgan fingerprint density at radius 3 is 2.57 bits per heavy atom. The molecular formula is C22H20N2O3S. The quantitative estimate of drug-likeness (QED) is 0.554. The minimum Gasteiger partial charge on any atom is -0.497 e. The zero-order valence-electron chi connectivity index (χ0n) is 15.7. The van der Waals surface area contributed by atoms with Gasteiger partial charge in [0.1, 0.15) is 5.75 Å². The zero-order chi connectivity index (χ0) is 19.7. The van der Waals surface area contributed by atoms with Crippen LogP contribution in [0.2, 0.25) is 0 Å².